The van der Waals surface area contributed by atoms with Crippen molar-refractivity contribution in [2.45, 2.75) is 12.8 Å². The summed E-state index contributed by atoms with van der Waals surface area (Å²) in [5, 5.41) is 1.20. The molecule has 2 heteroatoms. The van der Waals surface area contributed by atoms with Crippen LogP contribution in [0.4, 0.5) is 0 Å². The lowest BCUT2D eigenvalue weighted by molar-refractivity contribution is -0.00000317. The predicted octanol–water partition coefficient (Wildman–Crippen LogP) is 0.677. The molecule has 0 atom stereocenters. The second kappa shape index (κ2) is 4.15. The van der Waals surface area contributed by atoms with Gasteiger partial charge < -0.3 is 17.0 Å². The predicted molar refractivity (Wildman–Crippen MR) is 58.0 cm³/mol. The molecule has 1 heterocycles. The van der Waals surface area contributed by atoms with Crippen molar-refractivity contribution in [2.75, 3.05) is 0 Å². The Morgan fingerprint density at radius 2 is 2.00 bits per heavy atom. The number of aryl methyl sites for hydroxylation is 1. The SMILES string of the molecule is C1=Cc2[o+]c3ccccc3cc2CC1.[Br-]. The van der Waals surface area contributed by atoms with E-state index in [1.807, 2.05) is 18.2 Å². The second-order valence-corrected chi connectivity index (χ2v) is 3.61. The zero-order valence-corrected chi connectivity index (χ0v) is 9.83. The maximum Gasteiger partial charge on any atom is 0.360 e. The van der Waals surface area contributed by atoms with E-state index in [-0.39, 0.29) is 17.0 Å². The number of hydrogen-bond donors (Lipinski definition) is 0. The molecule has 15 heavy (non-hydrogen) atoms. The van der Waals surface area contributed by atoms with Gasteiger partial charge in [-0.25, -0.2) is 4.42 Å². The third-order valence-electron chi connectivity index (χ3n) is 2.63. The van der Waals surface area contributed by atoms with Gasteiger partial charge in [0.15, 0.2) is 0 Å². The number of rotatable bonds is 0. The number of halogens is 1. The summed E-state index contributed by atoms with van der Waals surface area (Å²) in [5.74, 6) is 1.02. The largest absolute Gasteiger partial charge is 1.00 e. The van der Waals surface area contributed by atoms with Gasteiger partial charge in [0.2, 0.25) is 0 Å². The summed E-state index contributed by atoms with van der Waals surface area (Å²) in [5.41, 5.74) is 2.30. The number of benzene rings is 1. The molecule has 0 radical (unpaired) electrons. The van der Waals surface area contributed by atoms with E-state index >= 15 is 0 Å². The summed E-state index contributed by atoms with van der Waals surface area (Å²) >= 11 is 0. The Morgan fingerprint density at radius 1 is 1.13 bits per heavy atom. The van der Waals surface area contributed by atoms with Gasteiger partial charge in [0, 0.05) is 12.1 Å². The van der Waals surface area contributed by atoms with E-state index in [0.717, 1.165) is 24.2 Å². The first-order chi connectivity index (χ1) is 6.93. The van der Waals surface area contributed by atoms with Crippen molar-refractivity contribution in [1.29, 1.82) is 0 Å². The lowest BCUT2D eigenvalue weighted by Gasteiger charge is -2.01. The Bertz CT molecular complexity index is 517. The summed E-state index contributed by atoms with van der Waals surface area (Å²) in [6, 6.07) is 10.4. The van der Waals surface area contributed by atoms with Crippen LogP contribution in [0.2, 0.25) is 0 Å². The van der Waals surface area contributed by atoms with E-state index in [1.165, 1.54) is 10.9 Å². The molecule has 1 aliphatic carbocycles. The van der Waals surface area contributed by atoms with E-state index in [4.69, 9.17) is 4.42 Å². The first-order valence-electron chi connectivity index (χ1n) is 4.95. The number of hydrogen-bond acceptors (Lipinski definition) is 0. The highest BCUT2D eigenvalue weighted by atomic mass is 79.9. The third-order valence-corrected chi connectivity index (χ3v) is 2.63. The zero-order chi connectivity index (χ0) is 9.38. The van der Waals surface area contributed by atoms with E-state index in [2.05, 4.69) is 24.3 Å². The van der Waals surface area contributed by atoms with Crippen molar-refractivity contribution in [1.82, 2.24) is 0 Å². The van der Waals surface area contributed by atoms with Crippen LogP contribution in [0.3, 0.4) is 0 Å². The van der Waals surface area contributed by atoms with E-state index in [9.17, 15) is 0 Å². The molecule has 3 rings (SSSR count). The number of para-hydroxylation sites is 1. The highest BCUT2D eigenvalue weighted by molar-refractivity contribution is 5.78. The zero-order valence-electron chi connectivity index (χ0n) is 8.24. The molecule has 0 saturated heterocycles. The molecular weight excluding hydrogens is 252 g/mol. The smallest absolute Gasteiger partial charge is 0.360 e. The van der Waals surface area contributed by atoms with Gasteiger partial charge >= 0.3 is 11.3 Å². The minimum atomic E-state index is 0. The molecule has 0 aliphatic heterocycles. The highest BCUT2D eigenvalue weighted by Gasteiger charge is 2.17. The Morgan fingerprint density at radius 3 is 2.93 bits per heavy atom. The maximum atomic E-state index is 5.80. The van der Waals surface area contributed by atoms with E-state index < -0.39 is 0 Å². The maximum absolute atomic E-state index is 5.80. The molecule has 0 amide bonds. The van der Waals surface area contributed by atoms with Crippen molar-refractivity contribution < 1.29 is 21.4 Å². The molecule has 1 nitrogen and oxygen atoms in total. The van der Waals surface area contributed by atoms with Crippen LogP contribution in [0.25, 0.3) is 17.0 Å². The highest BCUT2D eigenvalue weighted by Crippen LogP contribution is 2.25. The van der Waals surface area contributed by atoms with Gasteiger partial charge in [-0.2, -0.15) is 0 Å². The van der Waals surface area contributed by atoms with Crippen molar-refractivity contribution in [3.63, 3.8) is 0 Å². The molecule has 2 aromatic rings. The minimum Gasteiger partial charge on any atom is -1.00 e. The Balaban J connectivity index is 0.000000853. The molecule has 0 saturated carbocycles. The van der Waals surface area contributed by atoms with Crippen LogP contribution in [0.1, 0.15) is 17.7 Å². The van der Waals surface area contributed by atoms with Crippen molar-refractivity contribution in [3.05, 3.63) is 47.7 Å². The Hall–Kier alpha value is -1.15. The molecule has 0 N–H and O–H groups in total. The summed E-state index contributed by atoms with van der Waals surface area (Å²) in [6.45, 7) is 0. The van der Waals surface area contributed by atoms with Crippen molar-refractivity contribution in [3.8, 4) is 0 Å². The van der Waals surface area contributed by atoms with Gasteiger partial charge in [0.1, 0.15) is 0 Å². The fourth-order valence-electron chi connectivity index (χ4n) is 1.90. The molecule has 1 aromatic heterocycles. The Kier molecular flexibility index (Phi) is 2.87. The minimum absolute atomic E-state index is 0. The van der Waals surface area contributed by atoms with Crippen LogP contribution in [-0.4, -0.2) is 0 Å². The number of fused-ring (bicyclic) bond motifs is 2. The molecule has 0 bridgehead atoms. The van der Waals surface area contributed by atoms with Crippen LogP contribution >= 0.6 is 0 Å². The van der Waals surface area contributed by atoms with Gasteiger partial charge in [-0.15, -0.1) is 0 Å². The normalized spacial score (nSPS) is 13.3. The van der Waals surface area contributed by atoms with Crippen LogP contribution in [0, 0.1) is 0 Å². The summed E-state index contributed by atoms with van der Waals surface area (Å²) < 4.78 is 5.80. The molecule has 0 spiro atoms. The molecule has 0 unspecified atom stereocenters. The first kappa shape index (κ1) is 10.4. The molecule has 0 fully saturated rings. The number of allylic oxidation sites excluding steroid dienone is 1. The quantitative estimate of drug-likeness (QED) is 0.636. The summed E-state index contributed by atoms with van der Waals surface area (Å²) in [4.78, 5) is 0. The lowest BCUT2D eigenvalue weighted by atomic mass is 10.0. The molecular formula is C13H11BrO. The van der Waals surface area contributed by atoms with Gasteiger partial charge in [0.25, 0.3) is 0 Å². The monoisotopic (exact) mass is 262 g/mol. The average molecular weight is 263 g/mol. The van der Waals surface area contributed by atoms with Gasteiger partial charge in [-0.05, 0) is 25.0 Å². The second-order valence-electron chi connectivity index (χ2n) is 3.61. The fourth-order valence-corrected chi connectivity index (χ4v) is 1.90. The van der Waals surface area contributed by atoms with Crippen LogP contribution in [0.5, 0.6) is 0 Å². The van der Waals surface area contributed by atoms with Crippen LogP contribution < -0.4 is 17.0 Å². The molecule has 1 aliphatic rings. The van der Waals surface area contributed by atoms with Crippen molar-refractivity contribution in [2.24, 2.45) is 0 Å². The van der Waals surface area contributed by atoms with Gasteiger partial charge in [-0.3, -0.25) is 0 Å². The molecule has 76 valence electrons. The molecule has 1 aromatic carbocycles. The van der Waals surface area contributed by atoms with E-state index in [1.54, 1.807) is 0 Å². The van der Waals surface area contributed by atoms with Crippen LogP contribution in [-0.2, 0) is 6.42 Å². The van der Waals surface area contributed by atoms with E-state index in [0.29, 0.717) is 0 Å². The van der Waals surface area contributed by atoms with Gasteiger partial charge in [0.05, 0.1) is 10.9 Å². The first-order valence-corrected chi connectivity index (χ1v) is 4.95. The van der Waals surface area contributed by atoms with Crippen molar-refractivity contribution >= 4 is 17.0 Å². The average Bonchev–Trinajstić information content (AvgIpc) is 2.26. The third kappa shape index (κ3) is 1.82. The summed E-state index contributed by atoms with van der Waals surface area (Å²) in [7, 11) is 0. The van der Waals surface area contributed by atoms with Crippen LogP contribution in [0.15, 0.2) is 40.8 Å². The fraction of sp³-hybridized carbons (Fsp3) is 0.154. The Labute approximate surface area is 99.2 Å². The lowest BCUT2D eigenvalue weighted by Crippen LogP contribution is -3.00. The summed E-state index contributed by atoms with van der Waals surface area (Å²) in [6.07, 6.45) is 6.47. The standard InChI is InChI=1S/C13H11O.BrH/c1-3-7-12-10(5-1)9-11-6-2-4-8-13(11)14-12;/h1,3-5,7-9H,2,6H2;1H/q+1;/p-1. The van der Waals surface area contributed by atoms with Gasteiger partial charge in [-0.1, -0.05) is 18.2 Å². The topological polar surface area (TPSA) is 11.3 Å².